The molecule has 34 heavy (non-hydrogen) atoms. The van der Waals surface area contributed by atoms with Crippen LogP contribution in [-0.4, -0.2) is 32.0 Å². The van der Waals surface area contributed by atoms with Crippen molar-refractivity contribution in [1.29, 1.82) is 0 Å². The van der Waals surface area contributed by atoms with Gasteiger partial charge in [-0.05, 0) is 57.5 Å². The smallest absolute Gasteiger partial charge is 0.325 e. The van der Waals surface area contributed by atoms with E-state index in [0.29, 0.717) is 16.7 Å². The predicted octanol–water partition coefficient (Wildman–Crippen LogP) is 5.28. The van der Waals surface area contributed by atoms with Gasteiger partial charge in [0.1, 0.15) is 5.76 Å². The maximum atomic E-state index is 12.8. The number of hydrogen-bond acceptors (Lipinski definition) is 6. The van der Waals surface area contributed by atoms with E-state index in [1.807, 2.05) is 79.9 Å². The average Bonchev–Trinajstić information content (AvgIpc) is 3.41. The molecule has 1 atom stereocenters. The van der Waals surface area contributed by atoms with Gasteiger partial charge in [0.25, 0.3) is 0 Å². The molecule has 0 spiro atoms. The van der Waals surface area contributed by atoms with Gasteiger partial charge in [-0.25, -0.2) is 4.79 Å². The van der Waals surface area contributed by atoms with Gasteiger partial charge in [-0.15, -0.1) is 10.2 Å². The minimum absolute atomic E-state index is 0.434. The fourth-order valence-corrected chi connectivity index (χ4v) is 4.35. The number of aromatic nitrogens is 3. The number of aryl methyl sites for hydroxylation is 3. The van der Waals surface area contributed by atoms with Gasteiger partial charge in [0.05, 0.1) is 17.1 Å². The van der Waals surface area contributed by atoms with E-state index in [4.69, 9.17) is 4.42 Å². The lowest BCUT2D eigenvalue weighted by atomic mass is 10.1. The Morgan fingerprint density at radius 3 is 2.47 bits per heavy atom. The second kappa shape index (κ2) is 9.96. The van der Waals surface area contributed by atoms with Crippen LogP contribution in [0.2, 0.25) is 0 Å². The van der Waals surface area contributed by atoms with Gasteiger partial charge in [-0.3, -0.25) is 14.7 Å². The van der Waals surface area contributed by atoms with Gasteiger partial charge >= 0.3 is 6.03 Å². The summed E-state index contributed by atoms with van der Waals surface area (Å²) in [6.45, 7) is 7.46. The molecule has 4 rings (SSSR count). The normalized spacial score (nSPS) is 11.8. The van der Waals surface area contributed by atoms with Gasteiger partial charge in [-0.1, -0.05) is 47.7 Å². The van der Waals surface area contributed by atoms with E-state index < -0.39 is 17.2 Å². The lowest BCUT2D eigenvalue weighted by molar-refractivity contribution is -0.119. The molecule has 0 bridgehead atoms. The Balaban J connectivity index is 1.52. The first-order valence-corrected chi connectivity index (χ1v) is 11.6. The number of nitrogens with zero attached hydrogens (tertiary/aromatic N) is 3. The Bertz CT molecular complexity index is 1330. The highest BCUT2D eigenvalue weighted by Crippen LogP contribution is 2.31. The van der Waals surface area contributed by atoms with E-state index in [2.05, 4.69) is 20.8 Å². The summed E-state index contributed by atoms with van der Waals surface area (Å²) in [7, 11) is 0. The minimum Gasteiger partial charge on any atom is -0.469 e. The van der Waals surface area contributed by atoms with Crippen LogP contribution < -0.4 is 10.6 Å². The average molecular weight is 476 g/mol. The molecule has 2 N–H and O–H groups in total. The summed E-state index contributed by atoms with van der Waals surface area (Å²) in [6, 6.07) is 16.6. The largest absolute Gasteiger partial charge is 0.469 e. The number of amides is 3. The fraction of sp³-hybridized carbons (Fsp3) is 0.200. The van der Waals surface area contributed by atoms with Crippen LogP contribution in [0.25, 0.3) is 17.1 Å². The molecule has 2 aromatic heterocycles. The standard InChI is InChI=1S/C25H25N5O3S/c1-15-10-11-21(16(2)14-15)26-24(32)27-23(31)18(4)34-25-29-28-22(20-12-13-33-17(20)3)30(25)19-8-6-5-7-9-19/h5-14,18H,1-4H3,(H2,26,27,31,32). The first-order valence-electron chi connectivity index (χ1n) is 10.7. The number of anilines is 1. The summed E-state index contributed by atoms with van der Waals surface area (Å²) in [4.78, 5) is 25.2. The molecule has 2 aromatic carbocycles. The summed E-state index contributed by atoms with van der Waals surface area (Å²) in [5, 5.41) is 13.8. The molecule has 0 radical (unpaired) electrons. The van der Waals surface area contributed by atoms with Crippen molar-refractivity contribution in [3.8, 4) is 17.1 Å². The summed E-state index contributed by atoms with van der Waals surface area (Å²) in [6.07, 6.45) is 1.60. The van der Waals surface area contributed by atoms with Crippen molar-refractivity contribution in [3.63, 3.8) is 0 Å². The number of nitrogens with one attached hydrogen (secondary N) is 2. The summed E-state index contributed by atoms with van der Waals surface area (Å²) in [5.74, 6) is 0.894. The molecule has 4 aromatic rings. The highest BCUT2D eigenvalue weighted by Gasteiger charge is 2.24. The number of hydrogen-bond donors (Lipinski definition) is 2. The van der Waals surface area contributed by atoms with E-state index in [1.54, 1.807) is 13.2 Å². The number of rotatable bonds is 6. The second-order valence-corrected chi connectivity index (χ2v) is 9.20. The number of benzene rings is 2. The van der Waals surface area contributed by atoms with Gasteiger partial charge < -0.3 is 9.73 Å². The summed E-state index contributed by atoms with van der Waals surface area (Å²) >= 11 is 1.22. The minimum atomic E-state index is -0.602. The number of furan rings is 1. The molecule has 0 aliphatic heterocycles. The Morgan fingerprint density at radius 1 is 1.03 bits per heavy atom. The molecule has 8 nitrogen and oxygen atoms in total. The number of para-hydroxylation sites is 1. The highest BCUT2D eigenvalue weighted by atomic mass is 32.2. The third-order valence-electron chi connectivity index (χ3n) is 5.27. The predicted molar refractivity (Wildman–Crippen MR) is 132 cm³/mol. The lowest BCUT2D eigenvalue weighted by Gasteiger charge is -2.14. The van der Waals surface area contributed by atoms with Crippen molar-refractivity contribution < 1.29 is 14.0 Å². The van der Waals surface area contributed by atoms with Crippen molar-refractivity contribution in [2.45, 2.75) is 38.1 Å². The molecule has 0 fully saturated rings. The summed E-state index contributed by atoms with van der Waals surface area (Å²) in [5.41, 5.74) is 4.33. The molecule has 0 saturated heterocycles. The molecule has 1 unspecified atom stereocenters. The van der Waals surface area contributed by atoms with Crippen LogP contribution in [0.15, 0.2) is 70.4 Å². The van der Waals surface area contributed by atoms with Crippen molar-refractivity contribution >= 4 is 29.4 Å². The van der Waals surface area contributed by atoms with Crippen LogP contribution in [0.4, 0.5) is 10.5 Å². The fourth-order valence-electron chi connectivity index (χ4n) is 3.48. The van der Waals surface area contributed by atoms with E-state index in [0.717, 1.165) is 28.1 Å². The Labute approximate surface area is 201 Å². The van der Waals surface area contributed by atoms with E-state index in [-0.39, 0.29) is 0 Å². The highest BCUT2D eigenvalue weighted by molar-refractivity contribution is 8.00. The third kappa shape index (κ3) is 5.04. The first-order chi connectivity index (χ1) is 16.3. The van der Waals surface area contributed by atoms with Crippen molar-refractivity contribution in [2.24, 2.45) is 0 Å². The topological polar surface area (TPSA) is 102 Å². The van der Waals surface area contributed by atoms with Crippen molar-refractivity contribution in [3.05, 3.63) is 77.7 Å². The van der Waals surface area contributed by atoms with Crippen LogP contribution in [0.1, 0.15) is 23.8 Å². The maximum absolute atomic E-state index is 12.8. The van der Waals surface area contributed by atoms with Crippen LogP contribution in [0, 0.1) is 20.8 Å². The maximum Gasteiger partial charge on any atom is 0.325 e. The number of thioether (sulfide) groups is 1. The monoisotopic (exact) mass is 475 g/mol. The molecule has 0 saturated carbocycles. The molecule has 2 heterocycles. The second-order valence-electron chi connectivity index (χ2n) is 7.89. The molecular formula is C25H25N5O3S. The van der Waals surface area contributed by atoms with Gasteiger partial charge in [-0.2, -0.15) is 0 Å². The van der Waals surface area contributed by atoms with Crippen LogP contribution in [0.3, 0.4) is 0 Å². The Kier molecular flexibility index (Phi) is 6.83. The lowest BCUT2D eigenvalue weighted by Crippen LogP contribution is -2.39. The SMILES string of the molecule is Cc1ccc(NC(=O)NC(=O)C(C)Sc2nnc(-c3ccoc3C)n2-c2ccccc2)c(C)c1. The first kappa shape index (κ1) is 23.3. The van der Waals surface area contributed by atoms with Gasteiger partial charge in [0.2, 0.25) is 5.91 Å². The summed E-state index contributed by atoms with van der Waals surface area (Å²) < 4.78 is 7.33. The number of carbonyl (C=O) groups excluding carboxylic acids is 2. The molecule has 3 amide bonds. The number of imide groups is 1. The number of urea groups is 1. The van der Waals surface area contributed by atoms with Crippen LogP contribution >= 0.6 is 11.8 Å². The molecule has 0 aliphatic rings. The third-order valence-corrected chi connectivity index (χ3v) is 6.31. The van der Waals surface area contributed by atoms with Crippen LogP contribution in [-0.2, 0) is 4.79 Å². The van der Waals surface area contributed by atoms with Gasteiger partial charge in [0, 0.05) is 11.4 Å². The molecule has 0 aliphatic carbocycles. The molecule has 174 valence electrons. The van der Waals surface area contributed by atoms with Gasteiger partial charge in [0.15, 0.2) is 11.0 Å². The Morgan fingerprint density at radius 2 is 1.79 bits per heavy atom. The van der Waals surface area contributed by atoms with Crippen molar-refractivity contribution in [1.82, 2.24) is 20.1 Å². The zero-order valence-electron chi connectivity index (χ0n) is 19.3. The zero-order valence-corrected chi connectivity index (χ0v) is 20.1. The Hall–Kier alpha value is -3.85. The molecule has 9 heteroatoms. The number of carbonyl (C=O) groups is 2. The van der Waals surface area contributed by atoms with E-state index >= 15 is 0 Å². The van der Waals surface area contributed by atoms with E-state index in [9.17, 15) is 9.59 Å². The van der Waals surface area contributed by atoms with Crippen LogP contribution in [0.5, 0.6) is 0 Å². The van der Waals surface area contributed by atoms with Crippen molar-refractivity contribution in [2.75, 3.05) is 5.32 Å². The molecular weight excluding hydrogens is 450 g/mol. The zero-order chi connectivity index (χ0) is 24.2. The van der Waals surface area contributed by atoms with E-state index in [1.165, 1.54) is 11.8 Å². The quantitative estimate of drug-likeness (QED) is 0.368.